The van der Waals surface area contributed by atoms with Gasteiger partial charge in [0.2, 0.25) is 5.91 Å². The summed E-state index contributed by atoms with van der Waals surface area (Å²) in [4.78, 5) is 26.7. The van der Waals surface area contributed by atoms with Crippen LogP contribution in [0.25, 0.3) is 16.9 Å². The van der Waals surface area contributed by atoms with E-state index in [2.05, 4.69) is 25.2 Å². The zero-order valence-corrected chi connectivity index (χ0v) is 18.5. The Labute approximate surface area is 189 Å². The number of benzene rings is 1. The lowest BCUT2D eigenvalue weighted by molar-refractivity contribution is -0.130. The molecule has 0 bridgehead atoms. The molecule has 9 nitrogen and oxygen atoms in total. The van der Waals surface area contributed by atoms with E-state index in [1.165, 1.54) is 0 Å². The van der Waals surface area contributed by atoms with Crippen molar-refractivity contribution in [3.05, 3.63) is 53.0 Å². The molecule has 4 aromatic rings. The van der Waals surface area contributed by atoms with Gasteiger partial charge < -0.3 is 14.5 Å². The highest BCUT2D eigenvalue weighted by Crippen LogP contribution is 2.24. The smallest absolute Gasteiger partial charge is 0.227 e. The molecule has 0 spiro atoms. The average molecular weight is 450 g/mol. The van der Waals surface area contributed by atoms with Crippen LogP contribution in [0, 0.1) is 0 Å². The number of hydrogen-bond acceptors (Lipinski definition) is 8. The summed E-state index contributed by atoms with van der Waals surface area (Å²) >= 11 is 1.62. The fourth-order valence-corrected chi connectivity index (χ4v) is 4.53. The van der Waals surface area contributed by atoms with Crippen LogP contribution in [0.4, 0.5) is 5.82 Å². The summed E-state index contributed by atoms with van der Waals surface area (Å²) in [6.07, 6.45) is 2.01. The van der Waals surface area contributed by atoms with E-state index >= 15 is 0 Å². The molecule has 1 amide bonds. The number of hydrogen-bond donors (Lipinski definition) is 0. The molecule has 0 aliphatic carbocycles. The molecule has 0 radical (unpaired) electrons. The zero-order valence-electron chi connectivity index (χ0n) is 17.7. The number of thiophene rings is 1. The third-order valence-electron chi connectivity index (χ3n) is 5.45. The topological polar surface area (TPSA) is 89.3 Å². The van der Waals surface area contributed by atoms with Crippen LogP contribution in [-0.4, -0.2) is 68.6 Å². The molecular weight excluding hydrogens is 426 g/mol. The number of nitrogens with zero attached hydrogens (tertiary/aromatic N) is 7. The van der Waals surface area contributed by atoms with Crippen LogP contribution >= 0.6 is 11.3 Å². The third-order valence-corrected chi connectivity index (χ3v) is 6.32. The van der Waals surface area contributed by atoms with Gasteiger partial charge in [-0.3, -0.25) is 4.79 Å². The summed E-state index contributed by atoms with van der Waals surface area (Å²) in [5, 5.41) is 10.7. The Balaban J connectivity index is 1.32. The van der Waals surface area contributed by atoms with E-state index in [-0.39, 0.29) is 5.91 Å². The fraction of sp³-hybridized carbons (Fsp3) is 0.318. The number of carbonyl (C=O) groups is 1. The normalized spacial score (nSPS) is 14.2. The van der Waals surface area contributed by atoms with Crippen molar-refractivity contribution in [2.75, 3.05) is 37.7 Å². The lowest BCUT2D eigenvalue weighted by atomic mass is 10.2. The maximum absolute atomic E-state index is 12.6. The monoisotopic (exact) mass is 449 g/mol. The highest BCUT2D eigenvalue weighted by Gasteiger charge is 2.25. The standard InChI is InChI=1S/C22H23N7O2S/c1-2-31-17-7-5-16(6-8-17)29-22-20(25-26-29)21(23-15-24-22)28-11-9-27(10-12-28)19(30)14-18-4-3-13-32-18/h3-8,13,15H,2,9-12,14H2,1H3. The lowest BCUT2D eigenvalue weighted by Gasteiger charge is -2.35. The van der Waals surface area contributed by atoms with Crippen LogP contribution in [0.3, 0.4) is 0 Å². The van der Waals surface area contributed by atoms with Gasteiger partial charge in [0.05, 0.1) is 18.7 Å². The number of aromatic nitrogens is 5. The Bertz CT molecular complexity index is 1200. The van der Waals surface area contributed by atoms with Crippen LogP contribution in [0.2, 0.25) is 0 Å². The first kappa shape index (κ1) is 20.4. The molecule has 0 N–H and O–H groups in total. The van der Waals surface area contributed by atoms with Gasteiger partial charge in [0.1, 0.15) is 12.1 Å². The first-order valence-corrected chi connectivity index (χ1v) is 11.5. The van der Waals surface area contributed by atoms with Crippen molar-refractivity contribution in [1.29, 1.82) is 0 Å². The molecule has 4 heterocycles. The van der Waals surface area contributed by atoms with Crippen LogP contribution in [-0.2, 0) is 11.2 Å². The summed E-state index contributed by atoms with van der Waals surface area (Å²) < 4.78 is 7.22. The number of amides is 1. The SMILES string of the molecule is CCOc1ccc(-n2nnc3c(N4CCN(C(=O)Cc5cccs5)CC4)ncnc32)cc1. The summed E-state index contributed by atoms with van der Waals surface area (Å²) in [6, 6.07) is 11.6. The van der Waals surface area contributed by atoms with Crippen molar-refractivity contribution in [2.24, 2.45) is 0 Å². The van der Waals surface area contributed by atoms with Gasteiger partial charge in [-0.2, -0.15) is 4.68 Å². The van der Waals surface area contributed by atoms with E-state index in [1.54, 1.807) is 22.3 Å². The van der Waals surface area contributed by atoms with Crippen LogP contribution in [0.15, 0.2) is 48.1 Å². The van der Waals surface area contributed by atoms with Gasteiger partial charge in [0.25, 0.3) is 0 Å². The number of fused-ring (bicyclic) bond motifs is 1. The Kier molecular flexibility index (Phi) is 5.68. The van der Waals surface area contributed by atoms with Gasteiger partial charge in [-0.25, -0.2) is 9.97 Å². The second kappa shape index (κ2) is 8.91. The van der Waals surface area contributed by atoms with E-state index in [1.807, 2.05) is 53.6 Å². The van der Waals surface area contributed by atoms with Gasteiger partial charge in [-0.15, -0.1) is 16.4 Å². The van der Waals surface area contributed by atoms with Crippen molar-refractivity contribution in [3.8, 4) is 11.4 Å². The summed E-state index contributed by atoms with van der Waals surface area (Å²) in [5.74, 6) is 1.72. The van der Waals surface area contributed by atoms with E-state index in [0.717, 1.165) is 22.1 Å². The van der Waals surface area contributed by atoms with Gasteiger partial charge in [-0.1, -0.05) is 11.3 Å². The van der Waals surface area contributed by atoms with Crippen LogP contribution < -0.4 is 9.64 Å². The van der Waals surface area contributed by atoms with Crippen molar-refractivity contribution in [2.45, 2.75) is 13.3 Å². The zero-order chi connectivity index (χ0) is 21.9. The predicted octanol–water partition coefficient (Wildman–Crippen LogP) is 2.56. The highest BCUT2D eigenvalue weighted by atomic mass is 32.1. The van der Waals surface area contributed by atoms with Crippen molar-refractivity contribution in [1.82, 2.24) is 29.9 Å². The van der Waals surface area contributed by atoms with E-state index < -0.39 is 0 Å². The summed E-state index contributed by atoms with van der Waals surface area (Å²) in [5.41, 5.74) is 2.15. The molecule has 1 aliphatic rings. The number of carbonyl (C=O) groups excluding carboxylic acids is 1. The summed E-state index contributed by atoms with van der Waals surface area (Å²) in [6.45, 7) is 5.27. The molecule has 0 atom stereocenters. The molecule has 10 heteroatoms. The van der Waals surface area contributed by atoms with Crippen molar-refractivity contribution >= 4 is 34.2 Å². The van der Waals surface area contributed by atoms with Gasteiger partial charge >= 0.3 is 0 Å². The van der Waals surface area contributed by atoms with Crippen LogP contribution in [0.5, 0.6) is 5.75 Å². The molecule has 1 aliphatic heterocycles. The molecule has 1 saturated heterocycles. The maximum atomic E-state index is 12.6. The van der Waals surface area contributed by atoms with Crippen LogP contribution in [0.1, 0.15) is 11.8 Å². The fourth-order valence-electron chi connectivity index (χ4n) is 3.83. The predicted molar refractivity (Wildman–Crippen MR) is 122 cm³/mol. The molecular formula is C22H23N7O2S. The van der Waals surface area contributed by atoms with Gasteiger partial charge in [0.15, 0.2) is 17.0 Å². The lowest BCUT2D eigenvalue weighted by Crippen LogP contribution is -2.49. The summed E-state index contributed by atoms with van der Waals surface area (Å²) in [7, 11) is 0. The van der Waals surface area contributed by atoms with E-state index in [9.17, 15) is 4.79 Å². The van der Waals surface area contributed by atoms with Gasteiger partial charge in [-0.05, 0) is 42.6 Å². The largest absolute Gasteiger partial charge is 0.494 e. The molecule has 1 fully saturated rings. The van der Waals surface area contributed by atoms with E-state index in [4.69, 9.17) is 4.74 Å². The first-order chi connectivity index (χ1) is 15.7. The minimum absolute atomic E-state index is 0.168. The maximum Gasteiger partial charge on any atom is 0.227 e. The second-order valence-electron chi connectivity index (χ2n) is 7.42. The molecule has 1 aromatic carbocycles. The Morgan fingerprint density at radius 2 is 1.91 bits per heavy atom. The Morgan fingerprint density at radius 3 is 2.62 bits per heavy atom. The molecule has 32 heavy (non-hydrogen) atoms. The highest BCUT2D eigenvalue weighted by molar-refractivity contribution is 7.10. The number of piperazine rings is 1. The van der Waals surface area contributed by atoms with Crippen molar-refractivity contribution < 1.29 is 9.53 Å². The number of rotatable bonds is 6. The number of anilines is 1. The first-order valence-electron chi connectivity index (χ1n) is 10.6. The average Bonchev–Trinajstić information content (AvgIpc) is 3.50. The third kappa shape index (κ3) is 4.01. The quantitative estimate of drug-likeness (QED) is 0.447. The minimum Gasteiger partial charge on any atom is -0.494 e. The second-order valence-corrected chi connectivity index (χ2v) is 8.45. The van der Waals surface area contributed by atoms with Gasteiger partial charge in [0, 0.05) is 31.1 Å². The van der Waals surface area contributed by atoms with Crippen molar-refractivity contribution in [3.63, 3.8) is 0 Å². The molecule has 3 aromatic heterocycles. The minimum atomic E-state index is 0.168. The molecule has 164 valence electrons. The molecule has 0 unspecified atom stereocenters. The number of ether oxygens (including phenoxy) is 1. The Hall–Kier alpha value is -3.53. The Morgan fingerprint density at radius 1 is 1.09 bits per heavy atom. The molecule has 0 saturated carbocycles. The van der Waals surface area contributed by atoms with E-state index in [0.29, 0.717) is 50.4 Å². The molecule has 5 rings (SSSR count).